The number of hydrogen-bond donors (Lipinski definition) is 0. The zero-order valence-electron chi connectivity index (χ0n) is 9.12. The van der Waals surface area contributed by atoms with Gasteiger partial charge in [0, 0.05) is 17.1 Å². The molecule has 0 saturated carbocycles. The van der Waals surface area contributed by atoms with Gasteiger partial charge >= 0.3 is 0 Å². The second-order valence-electron chi connectivity index (χ2n) is 3.29. The van der Waals surface area contributed by atoms with Gasteiger partial charge in [0.1, 0.15) is 0 Å². The molecule has 1 amide bonds. The number of halogens is 1. The first-order chi connectivity index (χ1) is 7.07. The number of carbonyl (C=O) groups is 1. The monoisotopic (exact) mass is 267 g/mol. The highest BCUT2D eigenvalue weighted by Crippen LogP contribution is 2.25. The van der Waals surface area contributed by atoms with Crippen LogP contribution in [0.5, 0.6) is 0 Å². The Bertz CT molecular complexity index is 398. The molecule has 0 atom stereocenters. The number of amides is 1. The Morgan fingerprint density at radius 3 is 2.53 bits per heavy atom. The lowest BCUT2D eigenvalue weighted by atomic mass is 10.2. The van der Waals surface area contributed by atoms with E-state index in [4.69, 9.17) is 0 Å². The quantitative estimate of drug-likeness (QED) is 0.753. The average Bonchev–Trinajstić information content (AvgIpc) is 2.26. The number of rotatable bonds is 2. The van der Waals surface area contributed by atoms with Gasteiger partial charge in [0.25, 0.3) is 5.91 Å². The molecule has 0 unspecified atom stereocenters. The number of likely N-dealkylation sites (N-methyl/N-ethyl adjacent to an activating group) is 1. The summed E-state index contributed by atoms with van der Waals surface area (Å²) in [6.07, 6.45) is 1.82. The van der Waals surface area contributed by atoms with Crippen LogP contribution in [0.2, 0.25) is 0 Å². The molecule has 0 heterocycles. The predicted octanol–water partition coefficient (Wildman–Crippen LogP) is 3.38. The van der Waals surface area contributed by atoms with Crippen LogP contribution in [0, 0.1) is 0 Å². The molecular formula is C12H14BrNO. The molecule has 1 aromatic rings. The molecule has 0 radical (unpaired) electrons. The molecule has 0 aliphatic rings. The van der Waals surface area contributed by atoms with Crippen LogP contribution in [-0.4, -0.2) is 13.0 Å². The third kappa shape index (κ3) is 2.69. The molecule has 0 spiro atoms. The summed E-state index contributed by atoms with van der Waals surface area (Å²) in [6.45, 7) is 3.68. The van der Waals surface area contributed by atoms with Gasteiger partial charge in [-0.05, 0) is 41.9 Å². The third-order valence-corrected chi connectivity index (χ3v) is 2.96. The minimum absolute atomic E-state index is 0.0180. The zero-order valence-corrected chi connectivity index (χ0v) is 10.7. The highest BCUT2D eigenvalue weighted by Gasteiger charge is 2.13. The Morgan fingerprint density at radius 2 is 2.00 bits per heavy atom. The Balaban J connectivity index is 3.00. The molecular weight excluding hydrogens is 254 g/mol. The zero-order chi connectivity index (χ0) is 11.4. The van der Waals surface area contributed by atoms with E-state index >= 15 is 0 Å². The van der Waals surface area contributed by atoms with Crippen molar-refractivity contribution in [3.63, 3.8) is 0 Å². The fourth-order valence-electron chi connectivity index (χ4n) is 1.22. The molecule has 3 heteroatoms. The topological polar surface area (TPSA) is 20.3 Å². The summed E-state index contributed by atoms with van der Waals surface area (Å²) in [5, 5.41) is 0. The molecule has 0 aliphatic carbocycles. The molecule has 2 nitrogen and oxygen atoms in total. The normalized spacial score (nSPS) is 11.3. The first-order valence-corrected chi connectivity index (χ1v) is 5.52. The summed E-state index contributed by atoms with van der Waals surface area (Å²) in [4.78, 5) is 13.5. The molecule has 80 valence electrons. The minimum Gasteiger partial charge on any atom is -0.311 e. The van der Waals surface area contributed by atoms with Crippen LogP contribution in [0.1, 0.15) is 13.8 Å². The summed E-state index contributed by atoms with van der Waals surface area (Å²) < 4.78 is 0.921. The van der Waals surface area contributed by atoms with Crippen molar-refractivity contribution in [2.24, 2.45) is 0 Å². The molecule has 0 saturated heterocycles. The fourth-order valence-corrected chi connectivity index (χ4v) is 1.77. The van der Waals surface area contributed by atoms with E-state index in [1.807, 2.05) is 44.2 Å². The van der Waals surface area contributed by atoms with Gasteiger partial charge in [-0.3, -0.25) is 4.79 Å². The Morgan fingerprint density at radius 1 is 1.40 bits per heavy atom. The van der Waals surface area contributed by atoms with Gasteiger partial charge in [0.2, 0.25) is 0 Å². The molecule has 0 aromatic heterocycles. The Labute approximate surface area is 98.7 Å². The SMILES string of the molecule is C/C=C(/C)C(=O)N(C)c1ccccc1Br. The van der Waals surface area contributed by atoms with Gasteiger partial charge in [-0.2, -0.15) is 0 Å². The van der Waals surface area contributed by atoms with Crippen molar-refractivity contribution < 1.29 is 4.79 Å². The van der Waals surface area contributed by atoms with Crippen molar-refractivity contribution >= 4 is 27.5 Å². The van der Waals surface area contributed by atoms with Gasteiger partial charge < -0.3 is 4.90 Å². The second kappa shape index (κ2) is 5.12. The lowest BCUT2D eigenvalue weighted by Crippen LogP contribution is -2.27. The molecule has 0 aliphatic heterocycles. The largest absolute Gasteiger partial charge is 0.311 e. The summed E-state index contributed by atoms with van der Waals surface area (Å²) in [6, 6.07) is 7.66. The van der Waals surface area contributed by atoms with Crippen LogP contribution in [0.3, 0.4) is 0 Å². The second-order valence-corrected chi connectivity index (χ2v) is 4.14. The number of hydrogen-bond acceptors (Lipinski definition) is 1. The number of allylic oxidation sites excluding steroid dienone is 1. The lowest BCUT2D eigenvalue weighted by molar-refractivity contribution is -0.114. The maximum absolute atomic E-state index is 11.9. The standard InChI is InChI=1S/C12H14BrNO/c1-4-9(2)12(15)14(3)11-8-6-5-7-10(11)13/h4-8H,1-3H3/b9-4-. The highest BCUT2D eigenvalue weighted by atomic mass is 79.9. The number of anilines is 1. The molecule has 1 aromatic carbocycles. The van der Waals surface area contributed by atoms with Crippen molar-refractivity contribution in [1.82, 2.24) is 0 Å². The van der Waals surface area contributed by atoms with Gasteiger partial charge in [0.05, 0.1) is 5.69 Å². The van der Waals surface area contributed by atoms with Crippen LogP contribution in [0.15, 0.2) is 40.4 Å². The lowest BCUT2D eigenvalue weighted by Gasteiger charge is -2.18. The van der Waals surface area contributed by atoms with E-state index in [9.17, 15) is 4.79 Å². The van der Waals surface area contributed by atoms with Crippen LogP contribution in [0.25, 0.3) is 0 Å². The summed E-state index contributed by atoms with van der Waals surface area (Å²) >= 11 is 3.42. The smallest absolute Gasteiger partial charge is 0.253 e. The molecule has 0 N–H and O–H groups in total. The molecule has 0 bridgehead atoms. The van der Waals surface area contributed by atoms with Crippen molar-refractivity contribution in [2.45, 2.75) is 13.8 Å². The maximum Gasteiger partial charge on any atom is 0.253 e. The van der Waals surface area contributed by atoms with E-state index in [0.717, 1.165) is 15.7 Å². The maximum atomic E-state index is 11.9. The summed E-state index contributed by atoms with van der Waals surface area (Å²) in [7, 11) is 1.77. The first kappa shape index (κ1) is 12.0. The summed E-state index contributed by atoms with van der Waals surface area (Å²) in [5.74, 6) is 0.0180. The predicted molar refractivity (Wildman–Crippen MR) is 67.0 cm³/mol. The average molecular weight is 268 g/mol. The van der Waals surface area contributed by atoms with Crippen LogP contribution in [-0.2, 0) is 4.79 Å². The van der Waals surface area contributed by atoms with E-state index in [-0.39, 0.29) is 5.91 Å². The van der Waals surface area contributed by atoms with Gasteiger partial charge in [-0.25, -0.2) is 0 Å². The van der Waals surface area contributed by atoms with E-state index < -0.39 is 0 Å². The van der Waals surface area contributed by atoms with Gasteiger partial charge in [-0.1, -0.05) is 18.2 Å². The minimum atomic E-state index is 0.0180. The Hall–Kier alpha value is -1.09. The third-order valence-electron chi connectivity index (χ3n) is 2.29. The van der Waals surface area contributed by atoms with Gasteiger partial charge in [-0.15, -0.1) is 0 Å². The van der Waals surface area contributed by atoms with Gasteiger partial charge in [0.15, 0.2) is 0 Å². The van der Waals surface area contributed by atoms with Crippen molar-refractivity contribution in [1.29, 1.82) is 0 Å². The highest BCUT2D eigenvalue weighted by molar-refractivity contribution is 9.10. The molecule has 15 heavy (non-hydrogen) atoms. The first-order valence-electron chi connectivity index (χ1n) is 4.73. The Kier molecular flexibility index (Phi) is 4.09. The number of benzene rings is 1. The fraction of sp³-hybridized carbons (Fsp3) is 0.250. The van der Waals surface area contributed by atoms with E-state index in [2.05, 4.69) is 15.9 Å². The van der Waals surface area contributed by atoms with Crippen LogP contribution < -0.4 is 4.90 Å². The molecule has 1 rings (SSSR count). The van der Waals surface area contributed by atoms with E-state index in [0.29, 0.717) is 0 Å². The van der Waals surface area contributed by atoms with E-state index in [1.54, 1.807) is 11.9 Å². The van der Waals surface area contributed by atoms with E-state index in [1.165, 1.54) is 0 Å². The molecule has 0 fully saturated rings. The van der Waals surface area contributed by atoms with Crippen LogP contribution >= 0.6 is 15.9 Å². The number of carbonyl (C=O) groups excluding carboxylic acids is 1. The van der Waals surface area contributed by atoms with Crippen LogP contribution in [0.4, 0.5) is 5.69 Å². The number of nitrogens with zero attached hydrogens (tertiary/aromatic N) is 1. The summed E-state index contributed by atoms with van der Waals surface area (Å²) in [5.41, 5.74) is 1.62. The van der Waals surface area contributed by atoms with Crippen molar-refractivity contribution in [2.75, 3.05) is 11.9 Å². The van der Waals surface area contributed by atoms with Crippen molar-refractivity contribution in [3.8, 4) is 0 Å². The van der Waals surface area contributed by atoms with Crippen molar-refractivity contribution in [3.05, 3.63) is 40.4 Å². The number of para-hydroxylation sites is 1.